The quantitative estimate of drug-likeness (QED) is 0.458. The fraction of sp³-hybridized carbons (Fsp3) is 0.308. The number of hydrogen-bond acceptors (Lipinski definition) is 4. The summed E-state index contributed by atoms with van der Waals surface area (Å²) in [5.41, 5.74) is 2.03. The molecular formula is C26H27N3O3. The molecule has 1 aromatic heterocycles. The van der Waals surface area contributed by atoms with Crippen molar-refractivity contribution in [3.8, 4) is 5.75 Å². The zero-order valence-corrected chi connectivity index (χ0v) is 18.0. The van der Waals surface area contributed by atoms with Gasteiger partial charge in [0.05, 0.1) is 17.6 Å². The van der Waals surface area contributed by atoms with E-state index >= 15 is 0 Å². The molecular weight excluding hydrogens is 402 g/mol. The van der Waals surface area contributed by atoms with Crippen LogP contribution in [0.15, 0.2) is 66.7 Å². The lowest BCUT2D eigenvalue weighted by atomic mass is 10.1. The number of carbonyl (C=O) groups excluding carboxylic acids is 1. The molecule has 3 aromatic carbocycles. The largest absolute Gasteiger partial charge is 0.491 e. The Bertz CT molecular complexity index is 1220. The van der Waals surface area contributed by atoms with Crippen molar-refractivity contribution in [3.63, 3.8) is 0 Å². The molecule has 0 aliphatic carbocycles. The Kier molecular flexibility index (Phi) is 6.03. The summed E-state index contributed by atoms with van der Waals surface area (Å²) in [7, 11) is 0. The van der Waals surface area contributed by atoms with Gasteiger partial charge < -0.3 is 19.4 Å². The van der Waals surface area contributed by atoms with Gasteiger partial charge in [0.1, 0.15) is 24.3 Å². The molecule has 1 aliphatic heterocycles. The molecule has 0 bridgehead atoms. The average molecular weight is 430 g/mol. The van der Waals surface area contributed by atoms with Crippen LogP contribution in [0.4, 0.5) is 0 Å². The number of amides is 1. The van der Waals surface area contributed by atoms with Crippen molar-refractivity contribution in [1.82, 2.24) is 14.9 Å². The smallest absolute Gasteiger partial charge is 0.249 e. The van der Waals surface area contributed by atoms with E-state index in [0.717, 1.165) is 40.8 Å². The van der Waals surface area contributed by atoms with Gasteiger partial charge >= 0.3 is 0 Å². The molecule has 2 heterocycles. The number of benzene rings is 3. The zero-order valence-electron chi connectivity index (χ0n) is 18.0. The SMILES string of the molecule is O=C(NCCc1nc2ccccc2n1CCOc1cccc2ccccc12)C1CCCO1. The number of carbonyl (C=O) groups is 1. The number of nitrogens with zero attached hydrogens (tertiary/aromatic N) is 2. The Hall–Kier alpha value is -3.38. The number of ether oxygens (including phenoxy) is 2. The van der Waals surface area contributed by atoms with Crippen molar-refractivity contribution in [2.24, 2.45) is 0 Å². The van der Waals surface area contributed by atoms with Crippen LogP contribution < -0.4 is 10.1 Å². The van der Waals surface area contributed by atoms with Crippen LogP contribution in [0, 0.1) is 0 Å². The first-order chi connectivity index (χ1) is 15.8. The summed E-state index contributed by atoms with van der Waals surface area (Å²) in [5.74, 6) is 1.81. The van der Waals surface area contributed by atoms with Gasteiger partial charge in [-0.05, 0) is 36.4 Å². The van der Waals surface area contributed by atoms with Crippen molar-refractivity contribution in [3.05, 3.63) is 72.6 Å². The summed E-state index contributed by atoms with van der Waals surface area (Å²) >= 11 is 0. The minimum atomic E-state index is -0.303. The van der Waals surface area contributed by atoms with Gasteiger partial charge in [0.2, 0.25) is 5.91 Å². The van der Waals surface area contributed by atoms with Crippen molar-refractivity contribution >= 4 is 27.7 Å². The Labute approximate surface area is 187 Å². The molecule has 1 unspecified atom stereocenters. The third-order valence-electron chi connectivity index (χ3n) is 5.93. The molecule has 6 heteroatoms. The first-order valence-corrected chi connectivity index (χ1v) is 11.2. The summed E-state index contributed by atoms with van der Waals surface area (Å²) in [6.07, 6.45) is 2.10. The minimum Gasteiger partial charge on any atom is -0.491 e. The highest BCUT2D eigenvalue weighted by atomic mass is 16.5. The molecule has 0 radical (unpaired) electrons. The van der Waals surface area contributed by atoms with Crippen LogP contribution >= 0.6 is 0 Å². The predicted molar refractivity (Wildman–Crippen MR) is 125 cm³/mol. The second-order valence-electron chi connectivity index (χ2n) is 8.04. The maximum absolute atomic E-state index is 12.2. The molecule has 1 amide bonds. The van der Waals surface area contributed by atoms with E-state index < -0.39 is 0 Å². The van der Waals surface area contributed by atoms with E-state index in [-0.39, 0.29) is 12.0 Å². The molecule has 1 atom stereocenters. The van der Waals surface area contributed by atoms with E-state index in [1.807, 2.05) is 42.5 Å². The number of fused-ring (bicyclic) bond motifs is 2. The van der Waals surface area contributed by atoms with Gasteiger partial charge in [-0.15, -0.1) is 0 Å². The van der Waals surface area contributed by atoms with E-state index in [4.69, 9.17) is 14.5 Å². The lowest BCUT2D eigenvalue weighted by Gasteiger charge is -2.13. The summed E-state index contributed by atoms with van der Waals surface area (Å²) < 4.78 is 13.8. The third kappa shape index (κ3) is 4.32. The Morgan fingerprint density at radius 3 is 2.84 bits per heavy atom. The molecule has 1 saturated heterocycles. The number of rotatable bonds is 8. The highest BCUT2D eigenvalue weighted by molar-refractivity contribution is 5.88. The van der Waals surface area contributed by atoms with Crippen LogP contribution in [0.25, 0.3) is 21.8 Å². The lowest BCUT2D eigenvalue weighted by molar-refractivity contribution is -0.130. The Morgan fingerprint density at radius 2 is 1.94 bits per heavy atom. The Morgan fingerprint density at radius 1 is 1.09 bits per heavy atom. The van der Waals surface area contributed by atoms with E-state index in [9.17, 15) is 4.79 Å². The van der Waals surface area contributed by atoms with Crippen LogP contribution in [0.3, 0.4) is 0 Å². The van der Waals surface area contributed by atoms with Gasteiger partial charge in [0.15, 0.2) is 0 Å². The average Bonchev–Trinajstić information content (AvgIpc) is 3.48. The van der Waals surface area contributed by atoms with Crippen LogP contribution in [-0.4, -0.2) is 41.3 Å². The second-order valence-corrected chi connectivity index (χ2v) is 8.04. The summed E-state index contributed by atoms with van der Waals surface area (Å²) in [5, 5.41) is 5.28. The monoisotopic (exact) mass is 429 g/mol. The Balaban J connectivity index is 1.27. The summed E-state index contributed by atoms with van der Waals surface area (Å²) in [6.45, 7) is 2.42. The minimum absolute atomic E-state index is 0.0237. The molecule has 164 valence electrons. The first-order valence-electron chi connectivity index (χ1n) is 11.2. The maximum Gasteiger partial charge on any atom is 0.249 e. The highest BCUT2D eigenvalue weighted by Gasteiger charge is 2.23. The van der Waals surface area contributed by atoms with E-state index in [2.05, 4.69) is 34.1 Å². The fourth-order valence-electron chi connectivity index (χ4n) is 4.33. The lowest BCUT2D eigenvalue weighted by Crippen LogP contribution is -2.35. The van der Waals surface area contributed by atoms with Crippen molar-refractivity contribution in [2.75, 3.05) is 19.8 Å². The van der Waals surface area contributed by atoms with Crippen LogP contribution in [0.5, 0.6) is 5.75 Å². The van der Waals surface area contributed by atoms with E-state index in [0.29, 0.717) is 32.7 Å². The van der Waals surface area contributed by atoms with Crippen LogP contribution in [-0.2, 0) is 22.5 Å². The highest BCUT2D eigenvalue weighted by Crippen LogP contribution is 2.25. The van der Waals surface area contributed by atoms with Crippen molar-refractivity contribution < 1.29 is 14.3 Å². The summed E-state index contributed by atoms with van der Waals surface area (Å²) in [4.78, 5) is 17.1. The number of aromatic nitrogens is 2. The standard InChI is InChI=1S/C26H27N3O3/c30-26(24-13-6-17-31-24)27-15-14-25-28-21-10-3-4-11-22(21)29(25)16-18-32-23-12-5-8-19-7-1-2-9-20(19)23/h1-5,7-12,24H,6,13-18H2,(H,27,30). The molecule has 4 aromatic rings. The molecule has 6 nitrogen and oxygen atoms in total. The molecule has 5 rings (SSSR count). The second kappa shape index (κ2) is 9.40. The molecule has 1 N–H and O–H groups in total. The van der Waals surface area contributed by atoms with Gasteiger partial charge in [0.25, 0.3) is 0 Å². The van der Waals surface area contributed by atoms with Gasteiger partial charge in [-0.3, -0.25) is 4.79 Å². The number of para-hydroxylation sites is 2. The van der Waals surface area contributed by atoms with Gasteiger partial charge in [-0.2, -0.15) is 0 Å². The normalized spacial score (nSPS) is 15.9. The van der Waals surface area contributed by atoms with E-state index in [1.165, 1.54) is 5.39 Å². The van der Waals surface area contributed by atoms with Crippen LogP contribution in [0.2, 0.25) is 0 Å². The van der Waals surface area contributed by atoms with Gasteiger partial charge in [-0.25, -0.2) is 4.98 Å². The predicted octanol–water partition coefficient (Wildman–Crippen LogP) is 4.11. The van der Waals surface area contributed by atoms with Crippen molar-refractivity contribution in [1.29, 1.82) is 0 Å². The third-order valence-corrected chi connectivity index (χ3v) is 5.93. The van der Waals surface area contributed by atoms with Gasteiger partial charge in [0, 0.05) is 25.0 Å². The van der Waals surface area contributed by atoms with Crippen molar-refractivity contribution in [2.45, 2.75) is 31.9 Å². The van der Waals surface area contributed by atoms with Gasteiger partial charge in [-0.1, -0.05) is 48.5 Å². The first kappa shape index (κ1) is 20.5. The maximum atomic E-state index is 12.2. The topological polar surface area (TPSA) is 65.4 Å². The molecule has 1 fully saturated rings. The van der Waals surface area contributed by atoms with E-state index in [1.54, 1.807) is 0 Å². The molecule has 0 spiro atoms. The fourth-order valence-corrected chi connectivity index (χ4v) is 4.33. The number of hydrogen-bond donors (Lipinski definition) is 1. The zero-order chi connectivity index (χ0) is 21.8. The number of nitrogens with one attached hydrogen (secondary N) is 1. The number of imidazole rings is 1. The molecule has 32 heavy (non-hydrogen) atoms. The molecule has 0 saturated carbocycles. The summed E-state index contributed by atoms with van der Waals surface area (Å²) in [6, 6.07) is 22.5. The molecule has 1 aliphatic rings. The van der Waals surface area contributed by atoms with Crippen LogP contribution in [0.1, 0.15) is 18.7 Å².